The number of sulfone groups is 1. The molecular weight excluding hydrogens is 284 g/mol. The highest BCUT2D eigenvalue weighted by Gasteiger charge is 2.35. The first kappa shape index (κ1) is 14.7. The average molecular weight is 308 g/mol. The van der Waals surface area contributed by atoms with Gasteiger partial charge in [0.2, 0.25) is 0 Å². The van der Waals surface area contributed by atoms with Gasteiger partial charge in [0.05, 0.1) is 16.6 Å². The summed E-state index contributed by atoms with van der Waals surface area (Å²) in [6, 6.07) is 9.07. The summed E-state index contributed by atoms with van der Waals surface area (Å²) >= 11 is 0. The van der Waals surface area contributed by atoms with E-state index >= 15 is 0 Å². The maximum atomic E-state index is 11.9. The van der Waals surface area contributed by atoms with Crippen molar-refractivity contribution < 1.29 is 8.42 Å². The molecule has 0 saturated heterocycles. The maximum Gasteiger partial charge on any atom is 0.150 e. The van der Waals surface area contributed by atoms with E-state index in [1.807, 2.05) is 6.07 Å². The fourth-order valence-electron chi connectivity index (χ4n) is 3.76. The Balaban J connectivity index is 1.89. The van der Waals surface area contributed by atoms with Crippen molar-refractivity contribution in [2.75, 3.05) is 23.0 Å². The summed E-state index contributed by atoms with van der Waals surface area (Å²) in [4.78, 5) is 2.45. The van der Waals surface area contributed by atoms with Gasteiger partial charge in [-0.25, -0.2) is 8.42 Å². The van der Waals surface area contributed by atoms with E-state index in [1.54, 1.807) is 0 Å². The van der Waals surface area contributed by atoms with Gasteiger partial charge < -0.3 is 10.2 Å². The van der Waals surface area contributed by atoms with Gasteiger partial charge in [-0.05, 0) is 38.3 Å². The Hall–Kier alpha value is -1.23. The summed E-state index contributed by atoms with van der Waals surface area (Å²) in [5.74, 6) is 0. The molecule has 3 rings (SSSR count). The van der Waals surface area contributed by atoms with Crippen molar-refractivity contribution in [2.45, 2.75) is 49.9 Å². The highest BCUT2D eigenvalue weighted by atomic mass is 32.2. The summed E-state index contributed by atoms with van der Waals surface area (Å²) < 4.78 is 23.8. The first-order chi connectivity index (χ1) is 9.97. The predicted octanol–water partition coefficient (Wildman–Crippen LogP) is 2.66. The molecule has 1 heterocycles. The van der Waals surface area contributed by atoms with E-state index in [4.69, 9.17) is 0 Å². The molecule has 1 N–H and O–H groups in total. The molecule has 3 atom stereocenters. The third-order valence-corrected chi connectivity index (χ3v) is 6.48. The van der Waals surface area contributed by atoms with Gasteiger partial charge in [0.25, 0.3) is 0 Å². The van der Waals surface area contributed by atoms with E-state index in [1.165, 1.54) is 11.9 Å². The molecular formula is C16H24N2O2S. The van der Waals surface area contributed by atoms with Gasteiger partial charge >= 0.3 is 0 Å². The normalized spacial score (nSPS) is 29.6. The zero-order valence-corrected chi connectivity index (χ0v) is 13.6. The zero-order chi connectivity index (χ0) is 15.0. The quantitative estimate of drug-likeness (QED) is 0.912. The zero-order valence-electron chi connectivity index (χ0n) is 12.7. The summed E-state index contributed by atoms with van der Waals surface area (Å²) in [6.45, 7) is 3.13. The lowest BCUT2D eigenvalue weighted by Crippen LogP contribution is -2.51. The number of rotatable bonds is 2. The van der Waals surface area contributed by atoms with Crippen molar-refractivity contribution in [3.8, 4) is 0 Å². The third-order valence-electron chi connectivity index (χ3n) is 4.84. The highest BCUT2D eigenvalue weighted by Crippen LogP contribution is 2.37. The number of nitrogens with one attached hydrogen (secondary N) is 1. The van der Waals surface area contributed by atoms with Gasteiger partial charge in [0, 0.05) is 24.9 Å². The van der Waals surface area contributed by atoms with E-state index in [0.717, 1.165) is 37.9 Å². The Bertz CT molecular complexity index is 614. The minimum atomic E-state index is -2.93. The monoisotopic (exact) mass is 308 g/mol. The van der Waals surface area contributed by atoms with E-state index < -0.39 is 9.84 Å². The molecule has 0 aromatic heterocycles. The number of fused-ring (bicyclic) bond motifs is 1. The largest absolute Gasteiger partial charge is 0.381 e. The topological polar surface area (TPSA) is 49.4 Å². The van der Waals surface area contributed by atoms with Crippen molar-refractivity contribution in [3.05, 3.63) is 24.3 Å². The van der Waals surface area contributed by atoms with Crippen LogP contribution in [0.4, 0.5) is 11.4 Å². The number of hydrogen-bond donors (Lipinski definition) is 1. The summed E-state index contributed by atoms with van der Waals surface area (Å²) in [6.07, 6.45) is 5.05. The standard InChI is InChI=1S/C16H24N2O2S/c1-12-11-17-15-8-3-4-9-16(15)18(12)13-6-5-7-14(10-13)21(2,19)20/h3-4,8-9,12-14,17H,5-7,10-11H2,1-2H3. The molecule has 1 aromatic carbocycles. The van der Waals surface area contributed by atoms with Gasteiger partial charge in [-0.15, -0.1) is 0 Å². The summed E-state index contributed by atoms with van der Waals surface area (Å²) in [7, 11) is -2.93. The van der Waals surface area contributed by atoms with E-state index in [-0.39, 0.29) is 5.25 Å². The Morgan fingerprint density at radius 1 is 1.24 bits per heavy atom. The highest BCUT2D eigenvalue weighted by molar-refractivity contribution is 7.91. The first-order valence-corrected chi connectivity index (χ1v) is 9.72. The van der Waals surface area contributed by atoms with Crippen LogP contribution >= 0.6 is 0 Å². The molecule has 1 aliphatic carbocycles. The van der Waals surface area contributed by atoms with Crippen molar-refractivity contribution in [3.63, 3.8) is 0 Å². The number of hydrogen-bond acceptors (Lipinski definition) is 4. The molecule has 21 heavy (non-hydrogen) atoms. The van der Waals surface area contributed by atoms with Crippen molar-refractivity contribution in [1.82, 2.24) is 0 Å². The summed E-state index contributed by atoms with van der Waals surface area (Å²) in [5, 5.41) is 3.29. The van der Waals surface area contributed by atoms with Gasteiger partial charge in [-0.2, -0.15) is 0 Å². The Morgan fingerprint density at radius 2 is 2.00 bits per heavy atom. The van der Waals surface area contributed by atoms with E-state index in [9.17, 15) is 8.42 Å². The lowest BCUT2D eigenvalue weighted by atomic mass is 9.91. The van der Waals surface area contributed by atoms with E-state index in [0.29, 0.717) is 12.1 Å². The lowest BCUT2D eigenvalue weighted by molar-refractivity contribution is 0.391. The van der Waals surface area contributed by atoms with Crippen LogP contribution in [0.1, 0.15) is 32.6 Å². The predicted molar refractivity (Wildman–Crippen MR) is 87.8 cm³/mol. The van der Waals surface area contributed by atoms with Gasteiger partial charge in [0.15, 0.2) is 0 Å². The van der Waals surface area contributed by atoms with Gasteiger partial charge in [-0.3, -0.25) is 0 Å². The van der Waals surface area contributed by atoms with Crippen LogP contribution in [-0.2, 0) is 9.84 Å². The second-order valence-electron chi connectivity index (χ2n) is 6.43. The number of benzene rings is 1. The smallest absolute Gasteiger partial charge is 0.150 e. The van der Waals surface area contributed by atoms with Crippen molar-refractivity contribution in [2.24, 2.45) is 0 Å². The second-order valence-corrected chi connectivity index (χ2v) is 8.75. The molecule has 0 spiro atoms. The maximum absolute atomic E-state index is 11.9. The molecule has 1 aromatic rings. The van der Waals surface area contributed by atoms with Crippen molar-refractivity contribution >= 4 is 21.2 Å². The molecule has 1 aliphatic heterocycles. The van der Waals surface area contributed by atoms with Crippen LogP contribution in [0.25, 0.3) is 0 Å². The van der Waals surface area contributed by atoms with Crippen LogP contribution in [0, 0.1) is 0 Å². The molecule has 1 saturated carbocycles. The molecule has 0 bridgehead atoms. The first-order valence-electron chi connectivity index (χ1n) is 7.77. The Labute approximate surface area is 127 Å². The van der Waals surface area contributed by atoms with E-state index in [2.05, 4.69) is 35.3 Å². The molecule has 116 valence electrons. The Kier molecular flexibility index (Phi) is 3.86. The summed E-state index contributed by atoms with van der Waals surface area (Å²) in [5.41, 5.74) is 2.38. The van der Waals surface area contributed by atoms with Crippen LogP contribution < -0.4 is 10.2 Å². The SMILES string of the molecule is CC1CNc2ccccc2N1C1CCCC(S(C)(=O)=O)C1. The van der Waals surface area contributed by atoms with Crippen LogP contribution in [-0.4, -0.2) is 38.6 Å². The van der Waals surface area contributed by atoms with Gasteiger partial charge in [-0.1, -0.05) is 18.6 Å². The Morgan fingerprint density at radius 3 is 2.76 bits per heavy atom. The molecule has 3 unspecified atom stereocenters. The molecule has 1 fully saturated rings. The fourth-order valence-corrected chi connectivity index (χ4v) is 4.93. The molecule has 2 aliphatic rings. The molecule has 0 amide bonds. The molecule has 5 heteroatoms. The molecule has 4 nitrogen and oxygen atoms in total. The number of anilines is 2. The lowest BCUT2D eigenvalue weighted by Gasteiger charge is -2.45. The average Bonchev–Trinajstić information content (AvgIpc) is 2.46. The van der Waals surface area contributed by atoms with Gasteiger partial charge in [0.1, 0.15) is 9.84 Å². The van der Waals surface area contributed by atoms with Crippen molar-refractivity contribution in [1.29, 1.82) is 0 Å². The fraction of sp³-hybridized carbons (Fsp3) is 0.625. The third kappa shape index (κ3) is 2.89. The van der Waals surface area contributed by atoms with Crippen LogP contribution in [0.5, 0.6) is 0 Å². The van der Waals surface area contributed by atoms with Crippen LogP contribution in [0.15, 0.2) is 24.3 Å². The molecule has 0 radical (unpaired) electrons. The van der Waals surface area contributed by atoms with Crippen LogP contribution in [0.2, 0.25) is 0 Å². The number of nitrogens with zero attached hydrogens (tertiary/aromatic N) is 1. The minimum Gasteiger partial charge on any atom is -0.381 e. The minimum absolute atomic E-state index is 0.175. The van der Waals surface area contributed by atoms with Crippen LogP contribution in [0.3, 0.4) is 0 Å². The number of para-hydroxylation sites is 2. The second kappa shape index (κ2) is 5.52.